The van der Waals surface area contributed by atoms with Gasteiger partial charge in [0, 0.05) is 11.9 Å². The number of carbonyl (C=O) groups is 1. The first kappa shape index (κ1) is 13.4. The van der Waals surface area contributed by atoms with Gasteiger partial charge in [0.05, 0.1) is 10.7 Å². The number of aromatic nitrogens is 1. The Kier molecular flexibility index (Phi) is 4.02. The van der Waals surface area contributed by atoms with Crippen molar-refractivity contribution in [3.05, 3.63) is 58.4 Å². The molecule has 0 fully saturated rings. The van der Waals surface area contributed by atoms with Crippen LogP contribution in [0.25, 0.3) is 0 Å². The first-order valence-corrected chi connectivity index (χ1v) is 6.09. The number of nitrogen functional groups attached to an aromatic ring is 1. The van der Waals surface area contributed by atoms with Crippen LogP contribution >= 0.6 is 11.6 Å². The third-order valence-corrected chi connectivity index (χ3v) is 3.02. The molecule has 1 aromatic heterocycles. The number of nitrogens with two attached hydrogens (primary N) is 1. The maximum absolute atomic E-state index is 12.0. The fraction of sp³-hybridized carbons (Fsp3) is 0.143. The number of nitrogens with zero attached hydrogens (tertiary/aromatic N) is 1. The minimum Gasteiger partial charge on any atom is -0.455 e. The van der Waals surface area contributed by atoms with Crippen molar-refractivity contribution in [3.8, 4) is 0 Å². The molecule has 1 aromatic carbocycles. The van der Waals surface area contributed by atoms with E-state index >= 15 is 0 Å². The molecular formula is C14H13ClN2O2. The van der Waals surface area contributed by atoms with Gasteiger partial charge in [0.1, 0.15) is 12.2 Å². The Morgan fingerprint density at radius 1 is 1.37 bits per heavy atom. The number of hydrogen-bond acceptors (Lipinski definition) is 4. The second-order valence-electron chi connectivity index (χ2n) is 4.05. The summed E-state index contributed by atoms with van der Waals surface area (Å²) in [6, 6.07) is 8.61. The van der Waals surface area contributed by atoms with Crippen molar-refractivity contribution in [2.24, 2.45) is 0 Å². The van der Waals surface area contributed by atoms with Crippen LogP contribution in [-0.2, 0) is 11.3 Å². The van der Waals surface area contributed by atoms with Crippen molar-refractivity contribution in [2.45, 2.75) is 13.5 Å². The summed E-state index contributed by atoms with van der Waals surface area (Å²) in [7, 11) is 0. The third kappa shape index (κ3) is 3.03. The van der Waals surface area contributed by atoms with Gasteiger partial charge in [-0.1, -0.05) is 23.7 Å². The molecular weight excluding hydrogens is 264 g/mol. The molecule has 19 heavy (non-hydrogen) atoms. The van der Waals surface area contributed by atoms with Gasteiger partial charge in [-0.05, 0) is 30.7 Å². The lowest BCUT2D eigenvalue weighted by Gasteiger charge is -2.09. The molecule has 5 heteroatoms. The summed E-state index contributed by atoms with van der Waals surface area (Å²) in [6.07, 6.45) is 1.65. The van der Waals surface area contributed by atoms with Gasteiger partial charge < -0.3 is 10.5 Å². The molecule has 2 N–H and O–H groups in total. The standard InChI is InChI=1S/C14H13ClN2O2/c1-9-4-3-7-17-12(9)8-19-14(18)13-10(15)5-2-6-11(13)16/h2-7H,8,16H2,1H3. The van der Waals surface area contributed by atoms with Crippen molar-refractivity contribution in [1.29, 1.82) is 0 Å². The molecule has 0 radical (unpaired) electrons. The quantitative estimate of drug-likeness (QED) is 0.691. The van der Waals surface area contributed by atoms with Gasteiger partial charge >= 0.3 is 5.97 Å². The average Bonchev–Trinajstić information content (AvgIpc) is 2.37. The van der Waals surface area contributed by atoms with E-state index in [1.54, 1.807) is 24.4 Å². The lowest BCUT2D eigenvalue weighted by Crippen LogP contribution is -2.10. The monoisotopic (exact) mass is 276 g/mol. The van der Waals surface area contributed by atoms with Gasteiger partial charge in [-0.25, -0.2) is 4.79 Å². The van der Waals surface area contributed by atoms with E-state index in [-0.39, 0.29) is 17.2 Å². The molecule has 4 nitrogen and oxygen atoms in total. The molecule has 0 unspecified atom stereocenters. The van der Waals surface area contributed by atoms with E-state index in [0.29, 0.717) is 11.4 Å². The van der Waals surface area contributed by atoms with Crippen LogP contribution in [0, 0.1) is 6.92 Å². The summed E-state index contributed by atoms with van der Waals surface area (Å²) >= 11 is 5.94. The smallest absolute Gasteiger partial charge is 0.342 e. The number of carbonyl (C=O) groups excluding carboxylic acids is 1. The zero-order valence-electron chi connectivity index (χ0n) is 10.4. The Bertz CT molecular complexity index is 594. The maximum atomic E-state index is 12.0. The highest BCUT2D eigenvalue weighted by Gasteiger charge is 2.15. The number of rotatable bonds is 3. The summed E-state index contributed by atoms with van der Waals surface area (Å²) in [5, 5.41) is 0.280. The maximum Gasteiger partial charge on any atom is 0.342 e. The highest BCUT2D eigenvalue weighted by molar-refractivity contribution is 6.34. The van der Waals surface area contributed by atoms with Crippen molar-refractivity contribution >= 4 is 23.3 Å². The van der Waals surface area contributed by atoms with Crippen LogP contribution in [0.4, 0.5) is 5.69 Å². The van der Waals surface area contributed by atoms with Crippen LogP contribution in [-0.4, -0.2) is 11.0 Å². The summed E-state index contributed by atoms with van der Waals surface area (Å²) in [5.41, 5.74) is 7.88. The van der Waals surface area contributed by atoms with Crippen LogP contribution in [0.3, 0.4) is 0 Å². The number of halogens is 1. The van der Waals surface area contributed by atoms with E-state index in [2.05, 4.69) is 4.98 Å². The molecule has 0 bridgehead atoms. The van der Waals surface area contributed by atoms with Crippen LogP contribution in [0.15, 0.2) is 36.5 Å². The fourth-order valence-electron chi connectivity index (χ4n) is 1.63. The molecule has 0 atom stereocenters. The van der Waals surface area contributed by atoms with E-state index in [9.17, 15) is 4.79 Å². The van der Waals surface area contributed by atoms with E-state index in [1.165, 1.54) is 0 Å². The largest absolute Gasteiger partial charge is 0.455 e. The molecule has 0 saturated heterocycles. The molecule has 0 amide bonds. The van der Waals surface area contributed by atoms with Crippen molar-refractivity contribution < 1.29 is 9.53 Å². The summed E-state index contributed by atoms with van der Waals surface area (Å²) in [5.74, 6) is -0.548. The Balaban J connectivity index is 2.13. The minimum atomic E-state index is -0.548. The van der Waals surface area contributed by atoms with Crippen LogP contribution in [0.5, 0.6) is 0 Å². The number of anilines is 1. The van der Waals surface area contributed by atoms with E-state index in [4.69, 9.17) is 22.1 Å². The average molecular weight is 277 g/mol. The second-order valence-corrected chi connectivity index (χ2v) is 4.45. The lowest BCUT2D eigenvalue weighted by molar-refractivity contribution is 0.0468. The molecule has 0 saturated carbocycles. The third-order valence-electron chi connectivity index (χ3n) is 2.71. The van der Waals surface area contributed by atoms with Gasteiger partial charge in [-0.2, -0.15) is 0 Å². The predicted octanol–water partition coefficient (Wildman–Crippen LogP) is 2.98. The van der Waals surface area contributed by atoms with Crippen molar-refractivity contribution in [1.82, 2.24) is 4.98 Å². The highest BCUT2D eigenvalue weighted by Crippen LogP contribution is 2.23. The van der Waals surface area contributed by atoms with Gasteiger partial charge in [0.15, 0.2) is 0 Å². The molecule has 0 aliphatic carbocycles. The number of pyridine rings is 1. The zero-order valence-corrected chi connectivity index (χ0v) is 11.1. The molecule has 2 aromatic rings. The van der Waals surface area contributed by atoms with Gasteiger partial charge in [0.2, 0.25) is 0 Å². The first-order valence-electron chi connectivity index (χ1n) is 5.71. The van der Waals surface area contributed by atoms with Gasteiger partial charge in [0.25, 0.3) is 0 Å². The number of benzene rings is 1. The Labute approximate surface area is 116 Å². The fourth-order valence-corrected chi connectivity index (χ4v) is 1.89. The van der Waals surface area contributed by atoms with Crippen LogP contribution in [0.1, 0.15) is 21.6 Å². The zero-order chi connectivity index (χ0) is 13.8. The molecule has 2 rings (SSSR count). The Morgan fingerprint density at radius 2 is 2.16 bits per heavy atom. The Morgan fingerprint density at radius 3 is 2.84 bits per heavy atom. The first-order chi connectivity index (χ1) is 9.09. The molecule has 98 valence electrons. The van der Waals surface area contributed by atoms with Crippen LogP contribution < -0.4 is 5.73 Å². The molecule has 0 spiro atoms. The highest BCUT2D eigenvalue weighted by atomic mass is 35.5. The van der Waals surface area contributed by atoms with Gasteiger partial charge in [-0.15, -0.1) is 0 Å². The summed E-state index contributed by atoms with van der Waals surface area (Å²) in [6.45, 7) is 2.00. The van der Waals surface area contributed by atoms with Gasteiger partial charge in [-0.3, -0.25) is 4.98 Å². The SMILES string of the molecule is Cc1cccnc1COC(=O)c1c(N)cccc1Cl. The molecule has 0 aliphatic heterocycles. The van der Waals surface area contributed by atoms with Crippen LogP contribution in [0.2, 0.25) is 5.02 Å². The normalized spacial score (nSPS) is 10.2. The molecule has 0 aliphatic rings. The molecule has 1 heterocycles. The predicted molar refractivity (Wildman–Crippen MR) is 74.0 cm³/mol. The van der Waals surface area contributed by atoms with E-state index in [1.807, 2.05) is 19.1 Å². The number of ether oxygens (including phenoxy) is 1. The summed E-state index contributed by atoms with van der Waals surface area (Å²) < 4.78 is 5.19. The van der Waals surface area contributed by atoms with Crippen molar-refractivity contribution in [2.75, 3.05) is 5.73 Å². The van der Waals surface area contributed by atoms with E-state index in [0.717, 1.165) is 5.56 Å². The lowest BCUT2D eigenvalue weighted by atomic mass is 10.2. The van der Waals surface area contributed by atoms with E-state index < -0.39 is 5.97 Å². The minimum absolute atomic E-state index is 0.0934. The van der Waals surface area contributed by atoms with Crippen molar-refractivity contribution in [3.63, 3.8) is 0 Å². The number of esters is 1. The Hall–Kier alpha value is -2.07. The second kappa shape index (κ2) is 5.71. The number of hydrogen-bond donors (Lipinski definition) is 1. The number of aryl methyl sites for hydroxylation is 1. The topological polar surface area (TPSA) is 65.2 Å². The summed E-state index contributed by atoms with van der Waals surface area (Å²) in [4.78, 5) is 16.1.